The molecule has 19 heavy (non-hydrogen) atoms. The van der Waals surface area contributed by atoms with Crippen molar-refractivity contribution >= 4 is 0 Å². The maximum absolute atomic E-state index is 6.21. The van der Waals surface area contributed by atoms with Crippen LogP contribution in [0.3, 0.4) is 0 Å². The molecule has 1 N–H and O–H groups in total. The summed E-state index contributed by atoms with van der Waals surface area (Å²) in [4.78, 5) is 0. The molecule has 1 aromatic rings. The fourth-order valence-electron chi connectivity index (χ4n) is 3.23. The quantitative estimate of drug-likeness (QED) is 0.902. The summed E-state index contributed by atoms with van der Waals surface area (Å²) in [5, 5.41) is 3.41. The van der Waals surface area contributed by atoms with Crippen LogP contribution in [0.5, 0.6) is 0 Å². The van der Waals surface area contributed by atoms with Gasteiger partial charge in [-0.05, 0) is 36.9 Å². The zero-order valence-corrected chi connectivity index (χ0v) is 11.6. The smallest absolute Gasteiger partial charge is 0.0810 e. The van der Waals surface area contributed by atoms with E-state index in [1.807, 2.05) is 7.05 Å². The molecule has 0 amide bonds. The number of fused-ring (bicyclic) bond motifs is 1. The maximum atomic E-state index is 6.21. The Morgan fingerprint density at radius 1 is 1.26 bits per heavy atom. The van der Waals surface area contributed by atoms with E-state index in [-0.39, 0.29) is 6.10 Å². The van der Waals surface area contributed by atoms with Gasteiger partial charge in [0.25, 0.3) is 0 Å². The van der Waals surface area contributed by atoms with Gasteiger partial charge in [-0.1, -0.05) is 24.3 Å². The highest BCUT2D eigenvalue weighted by atomic mass is 16.5. The second-order valence-corrected chi connectivity index (χ2v) is 5.60. The van der Waals surface area contributed by atoms with Gasteiger partial charge in [0.05, 0.1) is 18.8 Å². The number of nitrogens with one attached hydrogen (secondary N) is 1. The molecule has 1 heterocycles. The summed E-state index contributed by atoms with van der Waals surface area (Å²) in [5.74, 6) is 0.676. The highest BCUT2D eigenvalue weighted by Crippen LogP contribution is 2.33. The lowest BCUT2D eigenvalue weighted by Crippen LogP contribution is -2.31. The third-order valence-corrected chi connectivity index (χ3v) is 4.38. The lowest BCUT2D eigenvalue weighted by molar-refractivity contribution is -0.0188. The summed E-state index contributed by atoms with van der Waals surface area (Å²) >= 11 is 0. The Labute approximate surface area is 115 Å². The molecule has 0 spiro atoms. The van der Waals surface area contributed by atoms with Crippen molar-refractivity contribution in [3.63, 3.8) is 0 Å². The Morgan fingerprint density at radius 2 is 2.05 bits per heavy atom. The van der Waals surface area contributed by atoms with Crippen LogP contribution in [0.4, 0.5) is 0 Å². The molecule has 3 heteroatoms. The molecule has 1 fully saturated rings. The first-order chi connectivity index (χ1) is 9.38. The van der Waals surface area contributed by atoms with Gasteiger partial charge in [-0.2, -0.15) is 0 Å². The van der Waals surface area contributed by atoms with E-state index in [2.05, 4.69) is 29.6 Å². The van der Waals surface area contributed by atoms with Gasteiger partial charge in [-0.15, -0.1) is 0 Å². The Hall–Kier alpha value is -0.900. The number of ether oxygens (including phenoxy) is 2. The van der Waals surface area contributed by atoms with Gasteiger partial charge in [-0.25, -0.2) is 0 Å². The minimum absolute atomic E-state index is 0.283. The van der Waals surface area contributed by atoms with Gasteiger partial charge in [0.15, 0.2) is 0 Å². The summed E-state index contributed by atoms with van der Waals surface area (Å²) < 4.78 is 11.6. The molecule has 104 valence electrons. The van der Waals surface area contributed by atoms with Crippen LogP contribution in [-0.2, 0) is 15.9 Å². The van der Waals surface area contributed by atoms with Crippen molar-refractivity contribution in [2.45, 2.75) is 31.4 Å². The molecule has 3 rings (SSSR count). The van der Waals surface area contributed by atoms with E-state index in [0.29, 0.717) is 12.0 Å². The molecule has 2 unspecified atom stereocenters. The average molecular weight is 261 g/mol. The number of hydrogen-bond acceptors (Lipinski definition) is 3. The lowest BCUT2D eigenvalue weighted by atomic mass is 10.0. The van der Waals surface area contributed by atoms with Crippen molar-refractivity contribution in [2.24, 2.45) is 5.92 Å². The molecule has 0 bridgehead atoms. The number of rotatable bonds is 4. The summed E-state index contributed by atoms with van der Waals surface area (Å²) in [7, 11) is 2.03. The molecule has 1 saturated heterocycles. The summed E-state index contributed by atoms with van der Waals surface area (Å²) in [6.45, 7) is 2.67. The highest BCUT2D eigenvalue weighted by molar-refractivity contribution is 5.36. The van der Waals surface area contributed by atoms with E-state index in [9.17, 15) is 0 Å². The van der Waals surface area contributed by atoms with Crippen LogP contribution >= 0.6 is 0 Å². The van der Waals surface area contributed by atoms with E-state index >= 15 is 0 Å². The molecule has 1 aromatic carbocycles. The first-order valence-corrected chi connectivity index (χ1v) is 7.33. The zero-order valence-electron chi connectivity index (χ0n) is 11.6. The van der Waals surface area contributed by atoms with E-state index in [4.69, 9.17) is 9.47 Å². The molecular formula is C16H23NO2. The van der Waals surface area contributed by atoms with E-state index < -0.39 is 0 Å². The van der Waals surface area contributed by atoms with Crippen molar-refractivity contribution in [2.75, 3.05) is 26.9 Å². The van der Waals surface area contributed by atoms with Gasteiger partial charge in [0.1, 0.15) is 0 Å². The topological polar surface area (TPSA) is 30.5 Å². The molecule has 1 aliphatic carbocycles. The lowest BCUT2D eigenvalue weighted by Gasteiger charge is -2.26. The van der Waals surface area contributed by atoms with Crippen LogP contribution in [0, 0.1) is 5.92 Å². The minimum atomic E-state index is 0.283. The highest BCUT2D eigenvalue weighted by Gasteiger charge is 2.32. The second-order valence-electron chi connectivity index (χ2n) is 5.60. The number of benzene rings is 1. The predicted octanol–water partition coefficient (Wildman–Crippen LogP) is 2.32. The fourth-order valence-corrected chi connectivity index (χ4v) is 3.23. The normalized spacial score (nSPS) is 27.4. The molecule has 3 nitrogen and oxygen atoms in total. The largest absolute Gasteiger partial charge is 0.381 e. The van der Waals surface area contributed by atoms with Crippen molar-refractivity contribution in [3.8, 4) is 0 Å². The monoisotopic (exact) mass is 261 g/mol. The van der Waals surface area contributed by atoms with Gasteiger partial charge in [-0.3, -0.25) is 0 Å². The molecular weight excluding hydrogens is 238 g/mol. The second kappa shape index (κ2) is 6.04. The predicted molar refractivity (Wildman–Crippen MR) is 75.2 cm³/mol. The van der Waals surface area contributed by atoms with Gasteiger partial charge in [0, 0.05) is 19.6 Å². The Morgan fingerprint density at radius 3 is 2.84 bits per heavy atom. The average Bonchev–Trinajstić information content (AvgIpc) is 2.83. The van der Waals surface area contributed by atoms with Gasteiger partial charge >= 0.3 is 0 Å². The molecule has 1 aliphatic heterocycles. The third kappa shape index (κ3) is 2.83. The van der Waals surface area contributed by atoms with Gasteiger partial charge in [0.2, 0.25) is 0 Å². The van der Waals surface area contributed by atoms with Crippen LogP contribution in [0.15, 0.2) is 24.3 Å². The van der Waals surface area contributed by atoms with Crippen LogP contribution in [0.2, 0.25) is 0 Å². The van der Waals surface area contributed by atoms with E-state index in [0.717, 1.165) is 39.1 Å². The van der Waals surface area contributed by atoms with Crippen LogP contribution in [0.25, 0.3) is 0 Å². The van der Waals surface area contributed by atoms with Crippen molar-refractivity contribution in [1.29, 1.82) is 0 Å². The Kier molecular flexibility index (Phi) is 4.16. The van der Waals surface area contributed by atoms with E-state index in [1.54, 1.807) is 0 Å². The zero-order chi connectivity index (χ0) is 13.1. The molecule has 0 saturated carbocycles. The molecule has 2 aliphatic rings. The van der Waals surface area contributed by atoms with Crippen molar-refractivity contribution < 1.29 is 9.47 Å². The Bertz CT molecular complexity index is 415. The maximum Gasteiger partial charge on any atom is 0.0810 e. The van der Waals surface area contributed by atoms with Crippen molar-refractivity contribution in [1.82, 2.24) is 5.32 Å². The SMILES string of the molecule is CNC1c2ccccc2CC1OCC1CCOCC1. The number of likely N-dealkylation sites (N-methyl/N-ethyl adjacent to an activating group) is 1. The molecule has 0 aromatic heterocycles. The number of hydrogen-bond donors (Lipinski definition) is 1. The summed E-state index contributed by atoms with van der Waals surface area (Å²) in [6, 6.07) is 9.01. The first-order valence-electron chi connectivity index (χ1n) is 7.33. The van der Waals surface area contributed by atoms with Gasteiger partial charge < -0.3 is 14.8 Å². The van der Waals surface area contributed by atoms with Crippen molar-refractivity contribution in [3.05, 3.63) is 35.4 Å². The fraction of sp³-hybridized carbons (Fsp3) is 0.625. The molecule has 0 radical (unpaired) electrons. The first kappa shape index (κ1) is 13.1. The molecule has 2 atom stereocenters. The third-order valence-electron chi connectivity index (χ3n) is 4.38. The standard InChI is InChI=1S/C16H23NO2/c1-17-16-14-5-3-2-4-13(14)10-15(16)19-11-12-6-8-18-9-7-12/h2-5,12,15-17H,6-11H2,1H3. The summed E-state index contributed by atoms with van der Waals surface area (Å²) in [6.07, 6.45) is 3.60. The minimum Gasteiger partial charge on any atom is -0.381 e. The Balaban J connectivity index is 1.60. The van der Waals surface area contributed by atoms with E-state index in [1.165, 1.54) is 11.1 Å². The van der Waals surface area contributed by atoms with Crippen LogP contribution in [0.1, 0.15) is 30.0 Å². The van der Waals surface area contributed by atoms with Crippen LogP contribution < -0.4 is 5.32 Å². The van der Waals surface area contributed by atoms with Crippen LogP contribution in [-0.4, -0.2) is 33.0 Å². The summed E-state index contributed by atoms with van der Waals surface area (Å²) in [5.41, 5.74) is 2.83.